The van der Waals surface area contributed by atoms with E-state index in [1.54, 1.807) is 22.5 Å². The summed E-state index contributed by atoms with van der Waals surface area (Å²) in [5, 5.41) is 10.3. The zero-order chi connectivity index (χ0) is 25.1. The van der Waals surface area contributed by atoms with Crippen molar-refractivity contribution in [3.05, 3.63) is 53.2 Å². The summed E-state index contributed by atoms with van der Waals surface area (Å²) in [6, 6.07) is 8.71. The third kappa shape index (κ3) is 6.33. The molecule has 1 aromatic heterocycles. The van der Waals surface area contributed by atoms with Crippen LogP contribution in [0, 0.1) is 11.7 Å². The lowest BCUT2D eigenvalue weighted by molar-refractivity contribution is 0.0914. The number of sulfonamides is 1. The second-order valence-corrected chi connectivity index (χ2v) is 12.5. The van der Waals surface area contributed by atoms with Gasteiger partial charge in [-0.05, 0) is 63.4 Å². The van der Waals surface area contributed by atoms with Crippen LogP contribution in [0.15, 0.2) is 34.9 Å². The summed E-state index contributed by atoms with van der Waals surface area (Å²) in [4.78, 5) is 12.5. The summed E-state index contributed by atoms with van der Waals surface area (Å²) in [5.41, 5.74) is 0.955. The Hall–Kier alpha value is -2.30. The second kappa shape index (κ2) is 11.0. The summed E-state index contributed by atoms with van der Waals surface area (Å²) >= 11 is 0. The van der Waals surface area contributed by atoms with E-state index in [4.69, 9.17) is 4.52 Å². The molecular weight excluding hydrogens is 483 g/mol. The Bertz CT molecular complexity index is 1150. The summed E-state index contributed by atoms with van der Waals surface area (Å²) in [6.07, 6.45) is 6.83. The molecule has 0 spiro atoms. The van der Waals surface area contributed by atoms with Crippen LogP contribution in [0.4, 0.5) is 4.39 Å². The lowest BCUT2D eigenvalue weighted by atomic mass is 9.87. The van der Waals surface area contributed by atoms with Crippen LogP contribution in [0.3, 0.4) is 0 Å². The summed E-state index contributed by atoms with van der Waals surface area (Å²) < 4.78 is 46.8. The number of carbonyl (C=O) groups excluding carboxylic acids is 1. The molecule has 1 saturated heterocycles. The molecule has 2 aromatic rings. The summed E-state index contributed by atoms with van der Waals surface area (Å²) in [5.74, 6) is 1.04. The van der Waals surface area contributed by atoms with Gasteiger partial charge in [0.05, 0.1) is 5.75 Å². The fraction of sp³-hybridized carbons (Fsp3) is 0.615. The first-order valence-electron chi connectivity index (χ1n) is 13.1. The topological polar surface area (TPSA) is 105 Å². The normalized spacial score (nSPS) is 24.0. The molecule has 0 bridgehead atoms. The van der Waals surface area contributed by atoms with Crippen molar-refractivity contribution in [1.29, 1.82) is 0 Å². The van der Waals surface area contributed by atoms with E-state index in [1.165, 1.54) is 6.07 Å². The van der Waals surface area contributed by atoms with Crippen LogP contribution >= 0.6 is 0 Å². The Morgan fingerprint density at radius 1 is 1.03 bits per heavy atom. The van der Waals surface area contributed by atoms with E-state index in [0.717, 1.165) is 44.3 Å². The Morgan fingerprint density at radius 2 is 1.75 bits per heavy atom. The van der Waals surface area contributed by atoms with Gasteiger partial charge in [0.1, 0.15) is 11.6 Å². The molecule has 2 heterocycles. The number of nitrogens with one attached hydrogen (secondary N) is 2. The van der Waals surface area contributed by atoms with E-state index in [2.05, 4.69) is 15.8 Å². The fourth-order valence-corrected chi connectivity index (χ4v) is 7.23. The maximum Gasteiger partial charge on any atom is 0.273 e. The average molecular weight is 519 g/mol. The second-order valence-electron chi connectivity index (χ2n) is 10.5. The van der Waals surface area contributed by atoms with Gasteiger partial charge in [0.15, 0.2) is 5.69 Å². The van der Waals surface area contributed by atoms with Crippen LogP contribution in [0.25, 0.3) is 0 Å². The number of benzene rings is 1. The number of amides is 1. The van der Waals surface area contributed by atoms with Crippen LogP contribution < -0.4 is 10.6 Å². The molecule has 3 fully saturated rings. The molecule has 196 valence electrons. The average Bonchev–Trinajstić information content (AvgIpc) is 3.60. The van der Waals surface area contributed by atoms with Gasteiger partial charge in [-0.2, -0.15) is 0 Å². The van der Waals surface area contributed by atoms with Crippen molar-refractivity contribution in [3.8, 4) is 0 Å². The third-order valence-electron chi connectivity index (χ3n) is 7.76. The van der Waals surface area contributed by atoms with E-state index in [9.17, 15) is 17.6 Å². The van der Waals surface area contributed by atoms with Gasteiger partial charge in [0.2, 0.25) is 10.0 Å². The van der Waals surface area contributed by atoms with Crippen molar-refractivity contribution in [2.45, 2.75) is 75.9 Å². The van der Waals surface area contributed by atoms with Crippen molar-refractivity contribution < 1.29 is 22.1 Å². The quantitative estimate of drug-likeness (QED) is 0.526. The smallest absolute Gasteiger partial charge is 0.273 e. The van der Waals surface area contributed by atoms with Gasteiger partial charge in [0, 0.05) is 49.3 Å². The monoisotopic (exact) mass is 518 g/mol. The molecule has 0 unspecified atom stereocenters. The van der Waals surface area contributed by atoms with Gasteiger partial charge in [-0.15, -0.1) is 0 Å². The van der Waals surface area contributed by atoms with Crippen LogP contribution in [-0.4, -0.2) is 54.7 Å². The van der Waals surface area contributed by atoms with Gasteiger partial charge in [-0.3, -0.25) is 4.79 Å². The van der Waals surface area contributed by atoms with E-state index in [1.807, 2.05) is 6.07 Å². The molecule has 1 amide bonds. The van der Waals surface area contributed by atoms with Gasteiger partial charge < -0.3 is 15.2 Å². The van der Waals surface area contributed by atoms with Crippen LogP contribution in [0.2, 0.25) is 0 Å². The van der Waals surface area contributed by atoms with E-state index in [-0.39, 0.29) is 35.5 Å². The molecule has 3 aliphatic rings. The Morgan fingerprint density at radius 3 is 2.44 bits per heavy atom. The lowest BCUT2D eigenvalue weighted by Gasteiger charge is -2.34. The lowest BCUT2D eigenvalue weighted by Crippen LogP contribution is -2.47. The Kier molecular flexibility index (Phi) is 7.73. The minimum atomic E-state index is -3.34. The molecule has 8 nitrogen and oxygen atoms in total. The molecular formula is C26H35FN4O4S. The van der Waals surface area contributed by atoms with E-state index in [0.29, 0.717) is 49.7 Å². The first-order valence-corrected chi connectivity index (χ1v) is 14.7. The minimum absolute atomic E-state index is 0.0685. The molecule has 1 aromatic carbocycles. The van der Waals surface area contributed by atoms with Crippen LogP contribution in [0.1, 0.15) is 79.1 Å². The SMILES string of the molecule is O=C(NC1CCN(S(=O)(=O)CC2CCC(NCc3ccccc3F)CC2)CC1)c1cc(C2CC2)on1. The van der Waals surface area contributed by atoms with Crippen molar-refractivity contribution >= 4 is 15.9 Å². The number of halogens is 1. The van der Waals surface area contributed by atoms with Gasteiger partial charge in [-0.1, -0.05) is 23.4 Å². The number of rotatable bonds is 9. The minimum Gasteiger partial charge on any atom is -0.360 e. The highest BCUT2D eigenvalue weighted by atomic mass is 32.2. The molecule has 2 saturated carbocycles. The number of hydrogen-bond donors (Lipinski definition) is 2. The molecule has 1 aliphatic heterocycles. The number of nitrogens with zero attached hydrogens (tertiary/aromatic N) is 2. The van der Waals surface area contributed by atoms with Crippen LogP contribution in [-0.2, 0) is 16.6 Å². The summed E-state index contributed by atoms with van der Waals surface area (Å²) in [7, 11) is -3.34. The van der Waals surface area contributed by atoms with E-state index >= 15 is 0 Å². The van der Waals surface area contributed by atoms with Gasteiger partial charge >= 0.3 is 0 Å². The molecule has 36 heavy (non-hydrogen) atoms. The zero-order valence-electron chi connectivity index (χ0n) is 20.5. The molecule has 10 heteroatoms. The zero-order valence-corrected chi connectivity index (χ0v) is 21.3. The summed E-state index contributed by atoms with van der Waals surface area (Å²) in [6.45, 7) is 1.32. The Labute approximate surface area is 212 Å². The fourth-order valence-electron chi connectivity index (χ4n) is 5.33. The predicted molar refractivity (Wildman–Crippen MR) is 133 cm³/mol. The van der Waals surface area contributed by atoms with Gasteiger partial charge in [-0.25, -0.2) is 17.1 Å². The third-order valence-corrected chi connectivity index (χ3v) is 9.80. The highest BCUT2D eigenvalue weighted by Crippen LogP contribution is 2.40. The van der Waals surface area contributed by atoms with Gasteiger partial charge in [0.25, 0.3) is 5.91 Å². The van der Waals surface area contributed by atoms with Crippen molar-refractivity contribution in [1.82, 2.24) is 20.1 Å². The first kappa shape index (κ1) is 25.4. The van der Waals surface area contributed by atoms with Crippen molar-refractivity contribution in [2.24, 2.45) is 5.92 Å². The highest BCUT2D eigenvalue weighted by Gasteiger charge is 2.33. The number of carbonyl (C=O) groups is 1. The molecule has 2 aliphatic carbocycles. The highest BCUT2D eigenvalue weighted by molar-refractivity contribution is 7.89. The van der Waals surface area contributed by atoms with Crippen molar-refractivity contribution in [3.63, 3.8) is 0 Å². The molecule has 5 rings (SSSR count). The number of piperidine rings is 1. The first-order chi connectivity index (χ1) is 17.4. The van der Waals surface area contributed by atoms with Crippen LogP contribution in [0.5, 0.6) is 0 Å². The molecule has 2 N–H and O–H groups in total. The largest absolute Gasteiger partial charge is 0.360 e. The predicted octanol–water partition coefficient (Wildman–Crippen LogP) is 3.56. The standard InChI is InChI=1S/C26H35FN4O4S/c27-23-4-2-1-3-20(23)16-28-21-9-5-18(6-10-21)17-36(33,34)31-13-11-22(12-14-31)29-26(32)24-15-25(35-30-24)19-7-8-19/h1-4,15,18-19,21-22,28H,5-14,16-17H2,(H,29,32). The molecule has 0 atom stereocenters. The molecule has 0 radical (unpaired) electrons. The number of hydrogen-bond acceptors (Lipinski definition) is 6. The maximum absolute atomic E-state index is 13.8. The Balaban J connectivity index is 1.03. The van der Waals surface area contributed by atoms with Crippen molar-refractivity contribution in [2.75, 3.05) is 18.8 Å². The van der Waals surface area contributed by atoms with E-state index < -0.39 is 10.0 Å². The maximum atomic E-state index is 13.8. The number of aromatic nitrogens is 1.